The van der Waals surface area contributed by atoms with Crippen LogP contribution in [0.5, 0.6) is 0 Å². The Labute approximate surface area is 116 Å². The van der Waals surface area contributed by atoms with Gasteiger partial charge < -0.3 is 5.32 Å². The maximum absolute atomic E-state index is 5.95. The molecule has 1 saturated carbocycles. The van der Waals surface area contributed by atoms with E-state index in [0.29, 0.717) is 5.28 Å². The molecule has 5 heteroatoms. The molecule has 1 aliphatic carbocycles. The molecule has 96 valence electrons. The number of hydrogen-bond donors (Lipinski definition) is 1. The topological polar surface area (TPSA) is 37.8 Å². The molecule has 3 rings (SSSR count). The van der Waals surface area contributed by atoms with Gasteiger partial charge in [0.05, 0.1) is 5.39 Å². The van der Waals surface area contributed by atoms with Gasteiger partial charge in [-0.05, 0) is 43.4 Å². The third kappa shape index (κ3) is 2.75. The van der Waals surface area contributed by atoms with E-state index in [-0.39, 0.29) is 0 Å². The first-order chi connectivity index (χ1) is 8.72. The Morgan fingerprint density at radius 2 is 2.28 bits per heavy atom. The first-order valence-electron chi connectivity index (χ1n) is 6.40. The van der Waals surface area contributed by atoms with Crippen molar-refractivity contribution in [2.75, 3.05) is 11.9 Å². The van der Waals surface area contributed by atoms with Gasteiger partial charge in [0.15, 0.2) is 0 Å². The van der Waals surface area contributed by atoms with Gasteiger partial charge in [0.2, 0.25) is 5.28 Å². The Morgan fingerprint density at radius 3 is 3.06 bits per heavy atom. The lowest BCUT2D eigenvalue weighted by atomic mass is 10.2. The van der Waals surface area contributed by atoms with Crippen LogP contribution in [-0.2, 0) is 0 Å². The summed E-state index contributed by atoms with van der Waals surface area (Å²) in [4.78, 5) is 10.8. The van der Waals surface area contributed by atoms with Crippen LogP contribution in [0.3, 0.4) is 0 Å². The lowest BCUT2D eigenvalue weighted by Gasteiger charge is -2.06. The molecule has 0 saturated heterocycles. The van der Waals surface area contributed by atoms with Gasteiger partial charge in [-0.15, -0.1) is 11.3 Å². The van der Waals surface area contributed by atoms with Crippen LogP contribution in [0.2, 0.25) is 5.28 Å². The number of rotatable bonds is 5. The van der Waals surface area contributed by atoms with E-state index in [9.17, 15) is 0 Å². The van der Waals surface area contributed by atoms with E-state index in [1.54, 1.807) is 11.3 Å². The third-order valence-electron chi connectivity index (χ3n) is 3.27. The van der Waals surface area contributed by atoms with Crippen molar-refractivity contribution in [1.82, 2.24) is 9.97 Å². The fraction of sp³-hybridized carbons (Fsp3) is 0.538. The predicted molar refractivity (Wildman–Crippen MR) is 77.6 cm³/mol. The van der Waals surface area contributed by atoms with E-state index < -0.39 is 0 Å². The van der Waals surface area contributed by atoms with E-state index in [1.165, 1.54) is 30.6 Å². The molecule has 0 unspecified atom stereocenters. The van der Waals surface area contributed by atoms with E-state index in [4.69, 9.17) is 11.6 Å². The second-order valence-corrected chi connectivity index (χ2v) is 6.50. The van der Waals surface area contributed by atoms with E-state index in [0.717, 1.165) is 28.5 Å². The van der Waals surface area contributed by atoms with Gasteiger partial charge in [-0.1, -0.05) is 12.8 Å². The van der Waals surface area contributed by atoms with Crippen LogP contribution >= 0.6 is 22.9 Å². The summed E-state index contributed by atoms with van der Waals surface area (Å²) in [6.45, 7) is 3.05. The second kappa shape index (κ2) is 5.02. The lowest BCUT2D eigenvalue weighted by molar-refractivity contribution is 0.687. The molecule has 1 aliphatic rings. The summed E-state index contributed by atoms with van der Waals surface area (Å²) in [6.07, 6.45) is 5.38. The maximum atomic E-state index is 5.95. The van der Waals surface area contributed by atoms with Crippen LogP contribution in [0.15, 0.2) is 6.07 Å². The van der Waals surface area contributed by atoms with Crippen molar-refractivity contribution in [3.8, 4) is 0 Å². The quantitative estimate of drug-likeness (QED) is 0.657. The molecule has 0 spiro atoms. The van der Waals surface area contributed by atoms with Crippen molar-refractivity contribution in [1.29, 1.82) is 0 Å². The largest absolute Gasteiger partial charge is 0.369 e. The van der Waals surface area contributed by atoms with Crippen molar-refractivity contribution in [2.45, 2.75) is 32.6 Å². The summed E-state index contributed by atoms with van der Waals surface area (Å²) in [6, 6.07) is 2.12. The molecule has 0 amide bonds. The highest BCUT2D eigenvalue weighted by atomic mass is 35.5. The van der Waals surface area contributed by atoms with Gasteiger partial charge in [-0.2, -0.15) is 0 Å². The SMILES string of the molecule is Cc1cc2c(NCCCC3CC3)nc(Cl)nc2s1. The van der Waals surface area contributed by atoms with E-state index in [1.807, 2.05) is 0 Å². The monoisotopic (exact) mass is 281 g/mol. The molecule has 2 heterocycles. The molecule has 0 aromatic carbocycles. The molecule has 1 N–H and O–H groups in total. The van der Waals surface area contributed by atoms with Gasteiger partial charge in [0.25, 0.3) is 0 Å². The molecular weight excluding hydrogens is 266 g/mol. The molecule has 0 radical (unpaired) electrons. The summed E-state index contributed by atoms with van der Waals surface area (Å²) in [5, 5.41) is 4.81. The highest BCUT2D eigenvalue weighted by molar-refractivity contribution is 7.18. The number of fused-ring (bicyclic) bond motifs is 1. The van der Waals surface area contributed by atoms with Crippen LogP contribution in [0.25, 0.3) is 10.2 Å². The molecule has 2 aromatic rings. The van der Waals surface area contributed by atoms with Crippen molar-refractivity contribution < 1.29 is 0 Å². The van der Waals surface area contributed by atoms with Crippen molar-refractivity contribution in [2.24, 2.45) is 5.92 Å². The number of nitrogens with one attached hydrogen (secondary N) is 1. The number of hydrogen-bond acceptors (Lipinski definition) is 4. The molecule has 0 bridgehead atoms. The van der Waals surface area contributed by atoms with Crippen LogP contribution in [0.1, 0.15) is 30.6 Å². The van der Waals surface area contributed by atoms with Crippen LogP contribution in [0.4, 0.5) is 5.82 Å². The molecular formula is C13H16ClN3S. The molecule has 3 nitrogen and oxygen atoms in total. The van der Waals surface area contributed by atoms with E-state index in [2.05, 4.69) is 28.3 Å². The highest BCUT2D eigenvalue weighted by Gasteiger charge is 2.20. The minimum atomic E-state index is 0.328. The zero-order chi connectivity index (χ0) is 12.5. The summed E-state index contributed by atoms with van der Waals surface area (Å²) >= 11 is 7.61. The zero-order valence-electron chi connectivity index (χ0n) is 10.4. The van der Waals surface area contributed by atoms with Gasteiger partial charge in [0, 0.05) is 11.4 Å². The van der Waals surface area contributed by atoms with Crippen LogP contribution in [-0.4, -0.2) is 16.5 Å². The predicted octanol–water partition coefficient (Wildman–Crippen LogP) is 4.26. The third-order valence-corrected chi connectivity index (χ3v) is 4.38. The Kier molecular flexibility index (Phi) is 3.39. The Morgan fingerprint density at radius 1 is 1.44 bits per heavy atom. The first kappa shape index (κ1) is 12.2. The molecule has 2 aromatic heterocycles. The fourth-order valence-corrected chi connectivity index (χ4v) is 3.25. The average molecular weight is 282 g/mol. The fourth-order valence-electron chi connectivity index (χ4n) is 2.15. The van der Waals surface area contributed by atoms with Gasteiger partial charge >= 0.3 is 0 Å². The standard InChI is InChI=1S/C13H16ClN3S/c1-8-7-10-11(15-6-2-3-9-4-5-9)16-13(14)17-12(10)18-8/h7,9H,2-6H2,1H3,(H,15,16,17). The molecule has 18 heavy (non-hydrogen) atoms. The smallest absolute Gasteiger partial charge is 0.225 e. The zero-order valence-corrected chi connectivity index (χ0v) is 11.9. The normalized spacial score (nSPS) is 15.2. The van der Waals surface area contributed by atoms with Crippen LogP contribution < -0.4 is 5.32 Å². The molecule has 0 atom stereocenters. The summed E-state index contributed by atoms with van der Waals surface area (Å²) in [7, 11) is 0. The number of aromatic nitrogens is 2. The molecule has 0 aliphatic heterocycles. The minimum Gasteiger partial charge on any atom is -0.369 e. The van der Waals surface area contributed by atoms with Gasteiger partial charge in [-0.25, -0.2) is 9.97 Å². The number of thiophene rings is 1. The Bertz CT molecular complexity index is 563. The second-order valence-electron chi connectivity index (χ2n) is 4.93. The minimum absolute atomic E-state index is 0.328. The number of nitrogens with zero attached hydrogens (tertiary/aromatic N) is 2. The van der Waals surface area contributed by atoms with Crippen molar-refractivity contribution in [3.05, 3.63) is 16.2 Å². The average Bonchev–Trinajstić information content (AvgIpc) is 3.06. The number of halogens is 1. The maximum Gasteiger partial charge on any atom is 0.225 e. The van der Waals surface area contributed by atoms with Crippen LogP contribution in [0, 0.1) is 12.8 Å². The van der Waals surface area contributed by atoms with E-state index >= 15 is 0 Å². The van der Waals surface area contributed by atoms with Gasteiger partial charge in [0.1, 0.15) is 10.6 Å². The van der Waals surface area contributed by atoms with Gasteiger partial charge in [-0.3, -0.25) is 0 Å². The highest BCUT2D eigenvalue weighted by Crippen LogP contribution is 2.33. The molecule has 1 fully saturated rings. The Hall–Kier alpha value is -0.870. The first-order valence-corrected chi connectivity index (χ1v) is 7.59. The van der Waals surface area contributed by atoms with Crippen molar-refractivity contribution in [3.63, 3.8) is 0 Å². The number of aryl methyl sites for hydroxylation is 1. The number of anilines is 1. The Balaban J connectivity index is 1.72. The summed E-state index contributed by atoms with van der Waals surface area (Å²) in [5.74, 6) is 1.87. The van der Waals surface area contributed by atoms with Crippen molar-refractivity contribution >= 4 is 39.0 Å². The summed E-state index contributed by atoms with van der Waals surface area (Å²) < 4.78 is 0. The lowest BCUT2D eigenvalue weighted by Crippen LogP contribution is -2.04. The summed E-state index contributed by atoms with van der Waals surface area (Å²) in [5.41, 5.74) is 0.